The van der Waals surface area contributed by atoms with Crippen LogP contribution in [0.1, 0.15) is 47.7 Å². The Labute approximate surface area is 185 Å². The van der Waals surface area contributed by atoms with Crippen molar-refractivity contribution in [3.05, 3.63) is 71.0 Å². The Morgan fingerprint density at radius 3 is 2.41 bits per heavy atom. The monoisotopic (exact) mass is 464 g/mol. The van der Waals surface area contributed by atoms with Crippen LogP contribution < -0.4 is 5.32 Å². The first-order valence-corrected chi connectivity index (χ1v) is 10.2. The first-order chi connectivity index (χ1) is 15.2. The molecule has 3 aromatic rings. The van der Waals surface area contributed by atoms with E-state index in [0.717, 1.165) is 18.2 Å². The molecule has 0 atom stereocenters. The predicted octanol–water partition coefficient (Wildman–Crippen LogP) is 6.02. The molecule has 0 aliphatic heterocycles. The first kappa shape index (κ1) is 22.1. The van der Waals surface area contributed by atoms with Crippen LogP contribution in [0.4, 0.5) is 23.2 Å². The highest BCUT2D eigenvalue weighted by atomic mass is 35.5. The summed E-state index contributed by atoms with van der Waals surface area (Å²) in [7, 11) is 0. The Bertz CT molecular complexity index is 1150. The van der Waals surface area contributed by atoms with Crippen LogP contribution in [0, 0.1) is 11.6 Å². The van der Waals surface area contributed by atoms with E-state index in [4.69, 9.17) is 11.6 Å². The highest BCUT2D eigenvalue weighted by Gasteiger charge is 2.37. The standard InChI is InChI=1S/C22H17ClF4N4O/c23-21-29-10-13(11-30-21)20(32)31-19-15(16-9-14(24)1-2-17(16)25)5-8-28-18(19)12-3-6-22(26,27)7-4-12/h1-2,5,8-12H,3-4,6-7H2,(H,31,32). The Morgan fingerprint density at radius 1 is 1.03 bits per heavy atom. The predicted molar refractivity (Wildman–Crippen MR) is 111 cm³/mol. The lowest BCUT2D eigenvalue weighted by Gasteiger charge is -2.29. The number of nitrogens with zero attached hydrogens (tertiary/aromatic N) is 3. The van der Waals surface area contributed by atoms with Crippen molar-refractivity contribution in [1.82, 2.24) is 15.0 Å². The molecule has 1 fully saturated rings. The average molecular weight is 465 g/mol. The summed E-state index contributed by atoms with van der Waals surface area (Å²) in [6.07, 6.45) is 3.45. The number of amides is 1. The molecular formula is C22H17ClF4N4O. The highest BCUT2D eigenvalue weighted by molar-refractivity contribution is 6.28. The molecule has 1 aromatic carbocycles. The number of halogens is 5. The zero-order valence-corrected chi connectivity index (χ0v) is 17.3. The molecule has 10 heteroatoms. The number of hydrogen-bond donors (Lipinski definition) is 1. The van der Waals surface area contributed by atoms with Gasteiger partial charge in [0.05, 0.1) is 16.9 Å². The summed E-state index contributed by atoms with van der Waals surface area (Å²) in [6, 6.07) is 4.40. The maximum atomic E-state index is 14.6. The minimum absolute atomic E-state index is 0.0470. The van der Waals surface area contributed by atoms with Gasteiger partial charge in [-0.05, 0) is 48.7 Å². The lowest BCUT2D eigenvalue weighted by atomic mass is 9.83. The number of carbonyl (C=O) groups is 1. The second-order valence-electron chi connectivity index (χ2n) is 7.57. The van der Waals surface area contributed by atoms with E-state index in [9.17, 15) is 22.4 Å². The van der Waals surface area contributed by atoms with E-state index < -0.39 is 23.5 Å². The molecule has 0 saturated heterocycles. The third-order valence-corrected chi connectivity index (χ3v) is 5.62. The van der Waals surface area contributed by atoms with Gasteiger partial charge in [-0.2, -0.15) is 0 Å². The minimum Gasteiger partial charge on any atom is -0.320 e. The smallest absolute Gasteiger partial charge is 0.258 e. The van der Waals surface area contributed by atoms with Crippen molar-refractivity contribution in [3.63, 3.8) is 0 Å². The molecule has 4 rings (SSSR count). The molecule has 32 heavy (non-hydrogen) atoms. The van der Waals surface area contributed by atoms with Crippen molar-refractivity contribution < 1.29 is 22.4 Å². The van der Waals surface area contributed by atoms with E-state index in [1.54, 1.807) is 0 Å². The van der Waals surface area contributed by atoms with Gasteiger partial charge in [-0.15, -0.1) is 0 Å². The summed E-state index contributed by atoms with van der Waals surface area (Å²) >= 11 is 5.66. The van der Waals surface area contributed by atoms with Gasteiger partial charge in [0.1, 0.15) is 11.6 Å². The van der Waals surface area contributed by atoms with Crippen molar-refractivity contribution in [1.29, 1.82) is 0 Å². The van der Waals surface area contributed by atoms with Crippen molar-refractivity contribution in [2.45, 2.75) is 37.5 Å². The molecule has 0 radical (unpaired) electrons. The summed E-state index contributed by atoms with van der Waals surface area (Å²) in [5.74, 6) is -5.14. The van der Waals surface area contributed by atoms with Gasteiger partial charge in [0.15, 0.2) is 0 Å². The van der Waals surface area contributed by atoms with Gasteiger partial charge in [0, 0.05) is 48.5 Å². The molecule has 2 heterocycles. The van der Waals surface area contributed by atoms with E-state index in [2.05, 4.69) is 20.3 Å². The fraction of sp³-hybridized carbons (Fsp3) is 0.273. The van der Waals surface area contributed by atoms with E-state index in [0.29, 0.717) is 5.69 Å². The fourth-order valence-electron chi connectivity index (χ4n) is 3.78. The van der Waals surface area contributed by atoms with Gasteiger partial charge in [-0.3, -0.25) is 9.78 Å². The average Bonchev–Trinajstić information content (AvgIpc) is 2.76. The van der Waals surface area contributed by atoms with E-state index in [-0.39, 0.29) is 59.3 Å². The van der Waals surface area contributed by atoms with Gasteiger partial charge in [-0.25, -0.2) is 27.5 Å². The zero-order valence-electron chi connectivity index (χ0n) is 16.6. The normalized spacial score (nSPS) is 16.0. The Morgan fingerprint density at radius 2 is 1.72 bits per heavy atom. The van der Waals surface area contributed by atoms with Crippen LogP contribution in [0.5, 0.6) is 0 Å². The van der Waals surface area contributed by atoms with Gasteiger partial charge < -0.3 is 5.32 Å². The quantitative estimate of drug-likeness (QED) is 0.379. The third-order valence-electron chi connectivity index (χ3n) is 5.42. The Balaban J connectivity index is 1.79. The summed E-state index contributed by atoms with van der Waals surface area (Å²) < 4.78 is 55.9. The number of rotatable bonds is 4. The zero-order chi connectivity index (χ0) is 22.9. The van der Waals surface area contributed by atoms with Crippen LogP contribution in [0.15, 0.2) is 42.9 Å². The molecule has 0 bridgehead atoms. The number of benzene rings is 1. The molecule has 5 nitrogen and oxygen atoms in total. The second kappa shape index (κ2) is 8.82. The van der Waals surface area contributed by atoms with Crippen LogP contribution in [0.2, 0.25) is 5.28 Å². The number of hydrogen-bond acceptors (Lipinski definition) is 4. The molecule has 2 aromatic heterocycles. The molecule has 0 unspecified atom stereocenters. The summed E-state index contributed by atoms with van der Waals surface area (Å²) in [6.45, 7) is 0. The van der Waals surface area contributed by atoms with Crippen molar-refractivity contribution in [3.8, 4) is 11.1 Å². The van der Waals surface area contributed by atoms with Crippen LogP contribution in [0.25, 0.3) is 11.1 Å². The minimum atomic E-state index is -2.76. The largest absolute Gasteiger partial charge is 0.320 e. The third kappa shape index (κ3) is 4.72. The molecule has 0 spiro atoms. The van der Waals surface area contributed by atoms with E-state index in [1.807, 2.05) is 0 Å². The Hall–Kier alpha value is -3.07. The summed E-state index contributed by atoms with van der Waals surface area (Å²) in [4.78, 5) is 24.7. The number of alkyl halides is 2. The van der Waals surface area contributed by atoms with Crippen molar-refractivity contribution in [2.24, 2.45) is 0 Å². The molecule has 166 valence electrons. The SMILES string of the molecule is O=C(Nc1c(-c2cc(F)ccc2F)ccnc1C1CCC(F)(F)CC1)c1cnc(Cl)nc1. The Kier molecular flexibility index (Phi) is 6.10. The molecule has 1 saturated carbocycles. The molecule has 1 aliphatic carbocycles. The first-order valence-electron chi connectivity index (χ1n) is 9.84. The maximum absolute atomic E-state index is 14.6. The molecule has 1 aliphatic rings. The summed E-state index contributed by atoms with van der Waals surface area (Å²) in [5.41, 5.74) is 0.645. The van der Waals surface area contributed by atoms with E-state index in [1.165, 1.54) is 24.7 Å². The number of aromatic nitrogens is 3. The van der Waals surface area contributed by atoms with Gasteiger partial charge in [0.25, 0.3) is 5.91 Å². The van der Waals surface area contributed by atoms with Crippen LogP contribution in [0.3, 0.4) is 0 Å². The highest BCUT2D eigenvalue weighted by Crippen LogP contribution is 2.44. The maximum Gasteiger partial charge on any atom is 0.258 e. The van der Waals surface area contributed by atoms with E-state index >= 15 is 0 Å². The number of pyridine rings is 1. The number of carbonyl (C=O) groups excluding carboxylic acids is 1. The molecule has 1 amide bonds. The van der Waals surface area contributed by atoms with Crippen LogP contribution in [-0.2, 0) is 0 Å². The fourth-order valence-corrected chi connectivity index (χ4v) is 3.87. The molecular weight excluding hydrogens is 448 g/mol. The van der Waals surface area contributed by atoms with Crippen molar-refractivity contribution >= 4 is 23.2 Å². The lowest BCUT2D eigenvalue weighted by Crippen LogP contribution is -2.25. The number of nitrogens with one attached hydrogen (secondary N) is 1. The topological polar surface area (TPSA) is 67.8 Å². The van der Waals surface area contributed by atoms with Gasteiger partial charge >= 0.3 is 0 Å². The number of anilines is 1. The molecule has 1 N–H and O–H groups in total. The van der Waals surface area contributed by atoms with Crippen LogP contribution >= 0.6 is 11.6 Å². The van der Waals surface area contributed by atoms with Crippen molar-refractivity contribution in [2.75, 3.05) is 5.32 Å². The van der Waals surface area contributed by atoms with Crippen LogP contribution in [-0.4, -0.2) is 26.8 Å². The lowest BCUT2D eigenvalue weighted by molar-refractivity contribution is -0.0384. The second-order valence-corrected chi connectivity index (χ2v) is 7.91. The van der Waals surface area contributed by atoms with Gasteiger partial charge in [-0.1, -0.05) is 0 Å². The van der Waals surface area contributed by atoms with Gasteiger partial charge in [0.2, 0.25) is 11.2 Å². The summed E-state index contributed by atoms with van der Waals surface area (Å²) in [5, 5.41) is 2.63.